The Labute approximate surface area is 157 Å². The van der Waals surface area contributed by atoms with Gasteiger partial charge in [0, 0.05) is 5.69 Å². The summed E-state index contributed by atoms with van der Waals surface area (Å²) in [4.78, 5) is 49.1. The van der Waals surface area contributed by atoms with Crippen molar-refractivity contribution in [2.75, 3.05) is 18.5 Å². The van der Waals surface area contributed by atoms with Gasteiger partial charge in [0.2, 0.25) is 0 Å². The van der Waals surface area contributed by atoms with Gasteiger partial charge in [-0.25, -0.2) is 4.79 Å². The van der Waals surface area contributed by atoms with Crippen LogP contribution in [0.15, 0.2) is 24.3 Å². The van der Waals surface area contributed by atoms with E-state index in [4.69, 9.17) is 4.74 Å². The predicted octanol–water partition coefficient (Wildman–Crippen LogP) is 1.45. The van der Waals surface area contributed by atoms with Gasteiger partial charge in [0.05, 0.1) is 0 Å². The molecule has 2 aliphatic rings. The van der Waals surface area contributed by atoms with E-state index in [2.05, 4.69) is 10.6 Å². The summed E-state index contributed by atoms with van der Waals surface area (Å²) in [7, 11) is 0. The molecule has 1 aromatic carbocycles. The largest absolute Gasteiger partial charge is 0.454 e. The third kappa shape index (κ3) is 4.10. The number of amides is 4. The number of anilines is 1. The van der Waals surface area contributed by atoms with Crippen LogP contribution in [0, 0.1) is 5.92 Å². The molecule has 4 amide bonds. The van der Waals surface area contributed by atoms with Crippen LogP contribution in [0.5, 0.6) is 0 Å². The summed E-state index contributed by atoms with van der Waals surface area (Å²) in [5, 5.41) is 5.27. The molecule has 1 heterocycles. The lowest BCUT2D eigenvalue weighted by Gasteiger charge is -2.20. The van der Waals surface area contributed by atoms with Crippen molar-refractivity contribution < 1.29 is 23.9 Å². The molecular formula is C19H23N3O5. The van der Waals surface area contributed by atoms with Crippen LogP contribution in [0.4, 0.5) is 10.5 Å². The van der Waals surface area contributed by atoms with Crippen LogP contribution in [-0.4, -0.2) is 47.4 Å². The lowest BCUT2D eigenvalue weighted by molar-refractivity contribution is -0.150. The van der Waals surface area contributed by atoms with Crippen LogP contribution in [0.1, 0.15) is 32.3 Å². The first-order valence-electron chi connectivity index (χ1n) is 9.02. The minimum atomic E-state index is -0.945. The van der Waals surface area contributed by atoms with E-state index in [9.17, 15) is 19.2 Å². The molecule has 2 fully saturated rings. The highest BCUT2D eigenvalue weighted by Gasteiger charge is 2.56. The van der Waals surface area contributed by atoms with Gasteiger partial charge >= 0.3 is 12.0 Å². The molecule has 1 aromatic rings. The highest BCUT2D eigenvalue weighted by atomic mass is 16.5. The fourth-order valence-electron chi connectivity index (χ4n) is 3.14. The Hall–Kier alpha value is -2.90. The minimum absolute atomic E-state index is 0.111. The molecule has 2 N–H and O–H groups in total. The average Bonchev–Trinajstić information content (AvgIpc) is 3.47. The van der Waals surface area contributed by atoms with Crippen molar-refractivity contribution in [3.8, 4) is 0 Å². The van der Waals surface area contributed by atoms with Crippen molar-refractivity contribution in [1.29, 1.82) is 0 Å². The topological polar surface area (TPSA) is 105 Å². The first-order valence-corrected chi connectivity index (χ1v) is 9.02. The van der Waals surface area contributed by atoms with Gasteiger partial charge in [-0.15, -0.1) is 0 Å². The molecular weight excluding hydrogens is 350 g/mol. The van der Waals surface area contributed by atoms with Crippen LogP contribution >= 0.6 is 0 Å². The van der Waals surface area contributed by atoms with Gasteiger partial charge in [-0.1, -0.05) is 19.1 Å². The van der Waals surface area contributed by atoms with Crippen LogP contribution in [-0.2, 0) is 25.5 Å². The number of hydrogen-bond acceptors (Lipinski definition) is 5. The number of hydrogen-bond donors (Lipinski definition) is 2. The quantitative estimate of drug-likeness (QED) is 0.556. The van der Waals surface area contributed by atoms with Gasteiger partial charge in [-0.05, 0) is 49.8 Å². The number of nitrogens with one attached hydrogen (secondary N) is 2. The summed E-state index contributed by atoms with van der Waals surface area (Å²) in [5.41, 5.74) is 0.799. The number of esters is 1. The summed E-state index contributed by atoms with van der Waals surface area (Å²) >= 11 is 0. The van der Waals surface area contributed by atoms with Crippen LogP contribution in [0.2, 0.25) is 0 Å². The van der Waals surface area contributed by atoms with Crippen molar-refractivity contribution in [3.05, 3.63) is 29.8 Å². The summed E-state index contributed by atoms with van der Waals surface area (Å²) < 4.78 is 4.90. The second-order valence-corrected chi connectivity index (χ2v) is 7.06. The number of urea groups is 1. The lowest BCUT2D eigenvalue weighted by atomic mass is 9.96. The molecule has 144 valence electrons. The van der Waals surface area contributed by atoms with Crippen molar-refractivity contribution >= 4 is 29.5 Å². The summed E-state index contributed by atoms with van der Waals surface area (Å²) in [5.74, 6) is -1.62. The minimum Gasteiger partial charge on any atom is -0.454 e. The number of nitrogens with zero attached hydrogens (tertiary/aromatic N) is 1. The highest BCUT2D eigenvalue weighted by Crippen LogP contribution is 2.42. The molecule has 1 aliphatic heterocycles. The summed E-state index contributed by atoms with van der Waals surface area (Å²) in [6.45, 7) is 2.71. The molecule has 0 radical (unpaired) electrons. The van der Waals surface area contributed by atoms with Crippen molar-refractivity contribution in [3.63, 3.8) is 0 Å². The zero-order chi connectivity index (χ0) is 19.6. The lowest BCUT2D eigenvalue weighted by Crippen LogP contribution is -2.46. The molecule has 1 saturated carbocycles. The SMILES string of the molecule is CCc1ccc(NC(=O)COC(=O)CN2C(=O)N[C@](C)(C3CC3)C2=O)cc1. The zero-order valence-corrected chi connectivity index (χ0v) is 15.4. The Morgan fingerprint density at radius 3 is 2.52 bits per heavy atom. The molecule has 8 nitrogen and oxygen atoms in total. The highest BCUT2D eigenvalue weighted by molar-refractivity contribution is 6.09. The monoisotopic (exact) mass is 373 g/mol. The fourth-order valence-corrected chi connectivity index (χ4v) is 3.14. The Kier molecular flexibility index (Phi) is 5.16. The normalized spacial score (nSPS) is 21.8. The number of rotatable bonds is 7. The van der Waals surface area contributed by atoms with E-state index in [-0.39, 0.29) is 5.92 Å². The number of aryl methyl sites for hydroxylation is 1. The Bertz CT molecular complexity index is 772. The molecule has 8 heteroatoms. The molecule has 0 aromatic heterocycles. The smallest absolute Gasteiger partial charge is 0.326 e. The van der Waals surface area contributed by atoms with E-state index in [1.807, 2.05) is 19.1 Å². The van der Waals surface area contributed by atoms with Gasteiger partial charge < -0.3 is 15.4 Å². The zero-order valence-electron chi connectivity index (χ0n) is 15.4. The van der Waals surface area contributed by atoms with E-state index >= 15 is 0 Å². The first kappa shape index (κ1) is 18.9. The van der Waals surface area contributed by atoms with E-state index < -0.39 is 42.5 Å². The number of ether oxygens (including phenoxy) is 1. The van der Waals surface area contributed by atoms with E-state index in [0.717, 1.165) is 29.7 Å². The maximum absolute atomic E-state index is 12.4. The summed E-state index contributed by atoms with van der Waals surface area (Å²) in [6, 6.07) is 6.73. The van der Waals surface area contributed by atoms with Gasteiger partial charge in [0.15, 0.2) is 6.61 Å². The van der Waals surface area contributed by atoms with Crippen molar-refractivity contribution in [2.24, 2.45) is 5.92 Å². The van der Waals surface area contributed by atoms with Gasteiger partial charge in [-0.2, -0.15) is 0 Å². The third-order valence-electron chi connectivity index (χ3n) is 4.99. The van der Waals surface area contributed by atoms with Crippen LogP contribution in [0.3, 0.4) is 0 Å². The molecule has 1 aliphatic carbocycles. The molecule has 3 rings (SSSR count). The maximum Gasteiger partial charge on any atom is 0.326 e. The molecule has 1 atom stereocenters. The van der Waals surface area contributed by atoms with Gasteiger partial charge in [0.25, 0.3) is 11.8 Å². The summed E-state index contributed by atoms with van der Waals surface area (Å²) in [6.07, 6.45) is 2.65. The second-order valence-electron chi connectivity index (χ2n) is 7.06. The van der Waals surface area contributed by atoms with Crippen LogP contribution < -0.4 is 10.6 Å². The fraction of sp³-hybridized carbons (Fsp3) is 0.474. The number of carbonyl (C=O) groups excluding carboxylic acids is 4. The molecule has 0 unspecified atom stereocenters. The Morgan fingerprint density at radius 2 is 1.93 bits per heavy atom. The molecule has 1 saturated heterocycles. The number of imide groups is 1. The average molecular weight is 373 g/mol. The molecule has 27 heavy (non-hydrogen) atoms. The van der Waals surface area contributed by atoms with E-state index in [1.54, 1.807) is 19.1 Å². The second kappa shape index (κ2) is 7.38. The molecule has 0 spiro atoms. The Balaban J connectivity index is 1.47. The van der Waals surface area contributed by atoms with Crippen molar-refractivity contribution in [1.82, 2.24) is 10.2 Å². The van der Waals surface area contributed by atoms with Gasteiger partial charge in [0.1, 0.15) is 12.1 Å². The van der Waals surface area contributed by atoms with E-state index in [1.165, 1.54) is 0 Å². The Morgan fingerprint density at radius 1 is 1.26 bits per heavy atom. The maximum atomic E-state index is 12.4. The third-order valence-corrected chi connectivity index (χ3v) is 4.99. The van der Waals surface area contributed by atoms with Gasteiger partial charge in [-0.3, -0.25) is 19.3 Å². The standard InChI is InChI=1S/C19H23N3O5/c1-3-12-4-8-14(9-5-12)20-15(23)11-27-16(24)10-22-17(25)19(2,13-6-7-13)21-18(22)26/h4-5,8-9,13H,3,6-7,10-11H2,1-2H3,(H,20,23)(H,21,26)/t19-/m1/s1. The number of carbonyl (C=O) groups is 4. The first-order chi connectivity index (χ1) is 12.8. The van der Waals surface area contributed by atoms with Crippen LogP contribution in [0.25, 0.3) is 0 Å². The van der Waals surface area contributed by atoms with Crippen molar-refractivity contribution in [2.45, 2.75) is 38.6 Å². The predicted molar refractivity (Wildman–Crippen MR) is 96.8 cm³/mol. The molecule has 0 bridgehead atoms. The number of benzene rings is 1. The van der Waals surface area contributed by atoms with E-state index in [0.29, 0.717) is 5.69 Å².